The molecule has 0 aliphatic heterocycles. The molecule has 2 unspecified atom stereocenters. The number of rotatable bonds is 4. The summed E-state index contributed by atoms with van der Waals surface area (Å²) in [6, 6.07) is 7.62. The smallest absolute Gasteiger partial charge is 0.171 e. The molecule has 2 atom stereocenters. The lowest BCUT2D eigenvalue weighted by molar-refractivity contribution is -0.169. The quantitative estimate of drug-likeness (QED) is 0.679. The minimum absolute atomic E-state index is 0.0110. The van der Waals surface area contributed by atoms with Gasteiger partial charge in [0.1, 0.15) is 0 Å². The summed E-state index contributed by atoms with van der Waals surface area (Å²) in [6.07, 6.45) is 6.26. The number of allylic oxidation sites excluding steroid dienone is 4. The predicted molar refractivity (Wildman–Crippen MR) is 80.2 cm³/mol. The van der Waals surface area contributed by atoms with Crippen molar-refractivity contribution in [2.45, 2.75) is 44.7 Å². The maximum Gasteiger partial charge on any atom is 0.391 e. The molecular formula is C18H21F3. The van der Waals surface area contributed by atoms with Gasteiger partial charge in [0, 0.05) is 5.41 Å². The van der Waals surface area contributed by atoms with Crippen molar-refractivity contribution < 1.29 is 13.2 Å². The van der Waals surface area contributed by atoms with E-state index in [-0.39, 0.29) is 11.8 Å². The minimum atomic E-state index is -4.12. The van der Waals surface area contributed by atoms with Crippen LogP contribution in [0.5, 0.6) is 0 Å². The molecule has 1 aromatic rings. The fourth-order valence-corrected chi connectivity index (χ4v) is 2.79. The Morgan fingerprint density at radius 2 is 1.81 bits per heavy atom. The molecule has 0 bridgehead atoms. The van der Waals surface area contributed by atoms with Crippen molar-refractivity contribution in [3.63, 3.8) is 0 Å². The van der Waals surface area contributed by atoms with Gasteiger partial charge in [-0.1, -0.05) is 62.4 Å². The van der Waals surface area contributed by atoms with Crippen molar-refractivity contribution in [1.82, 2.24) is 0 Å². The van der Waals surface area contributed by atoms with Crippen molar-refractivity contribution in [3.8, 4) is 0 Å². The van der Waals surface area contributed by atoms with Gasteiger partial charge >= 0.3 is 6.18 Å². The van der Waals surface area contributed by atoms with Gasteiger partial charge in [-0.05, 0) is 30.4 Å². The first-order valence-corrected chi connectivity index (χ1v) is 7.38. The third-order valence-electron chi connectivity index (χ3n) is 4.40. The summed E-state index contributed by atoms with van der Waals surface area (Å²) in [6.45, 7) is 3.37. The van der Waals surface area contributed by atoms with E-state index in [4.69, 9.17) is 0 Å². The van der Waals surface area contributed by atoms with Crippen LogP contribution in [-0.2, 0) is 11.8 Å². The van der Waals surface area contributed by atoms with Gasteiger partial charge in [-0.15, -0.1) is 0 Å². The molecule has 3 heteroatoms. The lowest BCUT2D eigenvalue weighted by atomic mass is 9.73. The molecule has 0 nitrogen and oxygen atoms in total. The SMILES string of the molecule is CCC1(c2ccc(CC(C)C(F)(F)F)cc2)C=CC=CC1. The maximum atomic E-state index is 12.6. The zero-order valence-corrected chi connectivity index (χ0v) is 12.5. The standard InChI is InChI=1S/C18H21F3/c1-3-17(11-5-4-6-12-17)16-9-7-15(8-10-16)13-14(2)18(19,20)21/h4-11,14H,3,12-13H2,1-2H3. The van der Waals surface area contributed by atoms with Crippen LogP contribution in [0, 0.1) is 5.92 Å². The van der Waals surface area contributed by atoms with Crippen molar-refractivity contribution >= 4 is 0 Å². The van der Waals surface area contributed by atoms with Crippen molar-refractivity contribution in [3.05, 3.63) is 59.7 Å². The molecule has 0 saturated carbocycles. The van der Waals surface area contributed by atoms with E-state index < -0.39 is 12.1 Å². The van der Waals surface area contributed by atoms with Gasteiger partial charge in [-0.25, -0.2) is 0 Å². The fraction of sp³-hybridized carbons (Fsp3) is 0.444. The van der Waals surface area contributed by atoms with Crippen LogP contribution in [0.1, 0.15) is 37.8 Å². The van der Waals surface area contributed by atoms with Gasteiger partial charge in [0.2, 0.25) is 0 Å². The molecule has 1 aliphatic rings. The molecular weight excluding hydrogens is 273 g/mol. The second kappa shape index (κ2) is 6.08. The van der Waals surface area contributed by atoms with Crippen LogP contribution in [0.25, 0.3) is 0 Å². The summed E-state index contributed by atoms with van der Waals surface area (Å²) < 4.78 is 37.8. The molecule has 0 saturated heterocycles. The van der Waals surface area contributed by atoms with Crippen LogP contribution >= 0.6 is 0 Å². The molecule has 0 radical (unpaired) electrons. The van der Waals surface area contributed by atoms with Crippen LogP contribution in [0.3, 0.4) is 0 Å². The summed E-state index contributed by atoms with van der Waals surface area (Å²) in [5.41, 5.74) is 1.90. The molecule has 0 aromatic heterocycles. The van der Waals surface area contributed by atoms with Gasteiger partial charge in [0.05, 0.1) is 5.92 Å². The summed E-state index contributed by atoms with van der Waals surface area (Å²) in [4.78, 5) is 0. The van der Waals surface area contributed by atoms with Crippen LogP contribution < -0.4 is 0 Å². The molecule has 1 aliphatic carbocycles. The molecule has 2 rings (SSSR count). The number of hydrogen-bond acceptors (Lipinski definition) is 0. The van der Waals surface area contributed by atoms with E-state index >= 15 is 0 Å². The van der Waals surface area contributed by atoms with E-state index in [0.717, 1.165) is 18.4 Å². The van der Waals surface area contributed by atoms with E-state index in [0.29, 0.717) is 0 Å². The Bertz CT molecular complexity index is 522. The van der Waals surface area contributed by atoms with Gasteiger partial charge in [0.15, 0.2) is 0 Å². The first kappa shape index (κ1) is 15.9. The Balaban J connectivity index is 2.15. The van der Waals surface area contributed by atoms with Crippen molar-refractivity contribution in [1.29, 1.82) is 0 Å². The monoisotopic (exact) mass is 294 g/mol. The Hall–Kier alpha value is -1.51. The third kappa shape index (κ3) is 3.58. The van der Waals surface area contributed by atoms with Crippen LogP contribution in [0.4, 0.5) is 13.2 Å². The van der Waals surface area contributed by atoms with E-state index in [1.165, 1.54) is 12.5 Å². The molecule has 0 N–H and O–H groups in total. The predicted octanol–water partition coefficient (Wildman–Crippen LogP) is 5.59. The van der Waals surface area contributed by atoms with E-state index in [1.54, 1.807) is 0 Å². The minimum Gasteiger partial charge on any atom is -0.171 e. The van der Waals surface area contributed by atoms with Gasteiger partial charge in [0.25, 0.3) is 0 Å². The highest BCUT2D eigenvalue weighted by Crippen LogP contribution is 2.36. The maximum absolute atomic E-state index is 12.6. The first-order valence-electron chi connectivity index (χ1n) is 7.38. The summed E-state index contributed by atoms with van der Waals surface area (Å²) in [5.74, 6) is -1.30. The average Bonchev–Trinajstić information content (AvgIpc) is 2.47. The third-order valence-corrected chi connectivity index (χ3v) is 4.40. The normalized spacial score (nSPS) is 23.3. The fourth-order valence-electron chi connectivity index (χ4n) is 2.79. The van der Waals surface area contributed by atoms with Crippen LogP contribution in [0.2, 0.25) is 0 Å². The summed E-state index contributed by atoms with van der Waals surface area (Å²) in [7, 11) is 0. The molecule has 21 heavy (non-hydrogen) atoms. The molecule has 114 valence electrons. The highest BCUT2D eigenvalue weighted by Gasteiger charge is 2.35. The average molecular weight is 294 g/mol. The molecule has 1 aromatic carbocycles. The first-order chi connectivity index (χ1) is 9.87. The Morgan fingerprint density at radius 3 is 2.29 bits per heavy atom. The number of alkyl halides is 3. The highest BCUT2D eigenvalue weighted by atomic mass is 19.4. The Kier molecular flexibility index (Phi) is 4.60. The Labute approximate surface area is 124 Å². The van der Waals surface area contributed by atoms with E-state index in [9.17, 15) is 13.2 Å². The summed E-state index contributed by atoms with van der Waals surface area (Å²) in [5, 5.41) is 0. The van der Waals surface area contributed by atoms with Gasteiger partial charge in [-0.2, -0.15) is 13.2 Å². The molecule has 0 fully saturated rings. The molecule has 0 amide bonds. The van der Waals surface area contributed by atoms with Crippen molar-refractivity contribution in [2.24, 2.45) is 5.92 Å². The largest absolute Gasteiger partial charge is 0.391 e. The zero-order valence-electron chi connectivity index (χ0n) is 12.5. The topological polar surface area (TPSA) is 0 Å². The van der Waals surface area contributed by atoms with Crippen LogP contribution in [0.15, 0.2) is 48.6 Å². The van der Waals surface area contributed by atoms with Crippen molar-refractivity contribution in [2.75, 3.05) is 0 Å². The van der Waals surface area contributed by atoms with Crippen LogP contribution in [-0.4, -0.2) is 6.18 Å². The van der Waals surface area contributed by atoms with Gasteiger partial charge in [-0.3, -0.25) is 0 Å². The van der Waals surface area contributed by atoms with Gasteiger partial charge < -0.3 is 0 Å². The lowest BCUT2D eigenvalue weighted by Crippen LogP contribution is -2.23. The number of halogens is 3. The van der Waals surface area contributed by atoms with E-state index in [1.807, 2.05) is 36.4 Å². The lowest BCUT2D eigenvalue weighted by Gasteiger charge is -2.31. The van der Waals surface area contributed by atoms with E-state index in [2.05, 4.69) is 19.1 Å². The Morgan fingerprint density at radius 1 is 1.14 bits per heavy atom. The second-order valence-electron chi connectivity index (χ2n) is 5.84. The second-order valence-corrected chi connectivity index (χ2v) is 5.84. The highest BCUT2D eigenvalue weighted by molar-refractivity contribution is 5.37. The number of benzene rings is 1. The number of hydrogen-bond donors (Lipinski definition) is 0. The molecule has 0 heterocycles. The summed E-state index contributed by atoms with van der Waals surface area (Å²) >= 11 is 0. The molecule has 0 spiro atoms. The zero-order chi connectivity index (χ0) is 15.5.